The molecule has 1 N–H and O–H groups in total. The van der Waals surface area contributed by atoms with Crippen LogP contribution in [0.4, 0.5) is 0 Å². The standard InChI is InChI=1S/C14H25N5S/c1-2-9-15-13(11-5-3-4-6-11)10-20-14-16-17-18-19(14)12-7-8-12/h11-13,15H,2-10H2,1H3. The van der Waals surface area contributed by atoms with Crippen LogP contribution in [0, 0.1) is 5.92 Å². The van der Waals surface area contributed by atoms with Gasteiger partial charge in [-0.1, -0.05) is 31.5 Å². The number of hydrogen-bond donors (Lipinski definition) is 1. The minimum atomic E-state index is 0.570. The Morgan fingerprint density at radius 3 is 2.80 bits per heavy atom. The van der Waals surface area contributed by atoms with Crippen molar-refractivity contribution in [1.82, 2.24) is 25.5 Å². The molecule has 6 heteroatoms. The first-order valence-electron chi connectivity index (χ1n) is 8.02. The Bertz CT molecular complexity index is 411. The molecule has 2 aliphatic rings. The van der Waals surface area contributed by atoms with Crippen LogP contribution >= 0.6 is 11.8 Å². The van der Waals surface area contributed by atoms with Gasteiger partial charge in [-0.15, -0.1) is 5.10 Å². The van der Waals surface area contributed by atoms with Crippen LogP contribution in [0.2, 0.25) is 0 Å². The van der Waals surface area contributed by atoms with Crippen LogP contribution in [0.3, 0.4) is 0 Å². The third-order valence-corrected chi connectivity index (χ3v) is 5.43. The van der Waals surface area contributed by atoms with Crippen molar-refractivity contribution >= 4 is 11.8 Å². The van der Waals surface area contributed by atoms with Crippen LogP contribution in [-0.4, -0.2) is 38.5 Å². The molecule has 1 heterocycles. The number of thioether (sulfide) groups is 1. The summed E-state index contributed by atoms with van der Waals surface area (Å²) >= 11 is 1.83. The molecule has 0 amide bonds. The molecule has 1 aromatic heterocycles. The Morgan fingerprint density at radius 1 is 1.30 bits per heavy atom. The van der Waals surface area contributed by atoms with Crippen LogP contribution in [-0.2, 0) is 0 Å². The fourth-order valence-corrected chi connectivity index (χ4v) is 4.17. The molecule has 2 fully saturated rings. The lowest BCUT2D eigenvalue weighted by atomic mass is 10.00. The molecule has 2 saturated carbocycles. The normalized spacial score (nSPS) is 21.4. The van der Waals surface area contributed by atoms with E-state index in [-0.39, 0.29) is 0 Å². The topological polar surface area (TPSA) is 55.6 Å². The Balaban J connectivity index is 1.56. The monoisotopic (exact) mass is 295 g/mol. The van der Waals surface area contributed by atoms with E-state index in [0.717, 1.165) is 23.4 Å². The fourth-order valence-electron chi connectivity index (χ4n) is 3.04. The average Bonchev–Trinajstić information content (AvgIpc) is 2.98. The van der Waals surface area contributed by atoms with Crippen molar-refractivity contribution in [2.45, 2.75) is 69.1 Å². The van der Waals surface area contributed by atoms with Crippen LogP contribution in [0.1, 0.15) is 57.9 Å². The molecule has 1 atom stereocenters. The lowest BCUT2D eigenvalue weighted by Crippen LogP contribution is -2.37. The highest BCUT2D eigenvalue weighted by Crippen LogP contribution is 2.37. The zero-order valence-electron chi connectivity index (χ0n) is 12.3. The third kappa shape index (κ3) is 3.52. The van der Waals surface area contributed by atoms with E-state index in [0.29, 0.717) is 12.1 Å². The Labute approximate surface area is 125 Å². The van der Waals surface area contributed by atoms with Crippen molar-refractivity contribution in [3.05, 3.63) is 0 Å². The molecule has 0 spiro atoms. The van der Waals surface area contributed by atoms with Gasteiger partial charge in [-0.05, 0) is 55.0 Å². The number of nitrogens with one attached hydrogen (secondary N) is 1. The second-order valence-corrected chi connectivity index (χ2v) is 7.04. The molecule has 5 nitrogen and oxygen atoms in total. The van der Waals surface area contributed by atoms with E-state index in [2.05, 4.69) is 27.8 Å². The lowest BCUT2D eigenvalue weighted by Gasteiger charge is -2.24. The maximum absolute atomic E-state index is 4.19. The Morgan fingerprint density at radius 2 is 2.10 bits per heavy atom. The molecule has 2 aliphatic carbocycles. The molecule has 0 aliphatic heterocycles. The molecule has 20 heavy (non-hydrogen) atoms. The molecule has 0 saturated heterocycles. The molecule has 0 bridgehead atoms. The van der Waals surface area contributed by atoms with Gasteiger partial charge in [0, 0.05) is 11.8 Å². The van der Waals surface area contributed by atoms with Crippen molar-refractivity contribution in [2.24, 2.45) is 5.92 Å². The molecule has 0 aromatic carbocycles. The predicted octanol–water partition coefficient (Wildman–Crippen LogP) is 2.66. The summed E-state index contributed by atoms with van der Waals surface area (Å²) < 4.78 is 2.02. The van der Waals surface area contributed by atoms with Gasteiger partial charge >= 0.3 is 0 Å². The summed E-state index contributed by atoms with van der Waals surface area (Å²) in [6, 6.07) is 1.19. The van der Waals surface area contributed by atoms with Gasteiger partial charge in [-0.3, -0.25) is 0 Å². The molecule has 112 valence electrons. The Hall–Kier alpha value is -0.620. The van der Waals surface area contributed by atoms with Crippen molar-refractivity contribution in [3.8, 4) is 0 Å². The maximum Gasteiger partial charge on any atom is 0.209 e. The summed E-state index contributed by atoms with van der Waals surface area (Å²) in [6.45, 7) is 3.36. The third-order valence-electron chi connectivity index (χ3n) is 4.37. The van der Waals surface area contributed by atoms with Crippen LogP contribution in [0.15, 0.2) is 5.16 Å². The van der Waals surface area contributed by atoms with Crippen LogP contribution in [0.25, 0.3) is 0 Å². The first kappa shape index (κ1) is 14.3. The minimum absolute atomic E-state index is 0.570. The smallest absolute Gasteiger partial charge is 0.209 e. The number of aromatic nitrogens is 4. The summed E-state index contributed by atoms with van der Waals surface area (Å²) in [5.74, 6) is 1.94. The molecule has 1 unspecified atom stereocenters. The Kier molecular flexibility index (Phi) is 4.94. The van der Waals surface area contributed by atoms with Gasteiger partial charge in [0.25, 0.3) is 0 Å². The highest BCUT2D eigenvalue weighted by molar-refractivity contribution is 7.99. The minimum Gasteiger partial charge on any atom is -0.313 e. The van der Waals surface area contributed by atoms with E-state index in [1.165, 1.54) is 44.9 Å². The largest absolute Gasteiger partial charge is 0.313 e. The van der Waals surface area contributed by atoms with E-state index >= 15 is 0 Å². The fraction of sp³-hybridized carbons (Fsp3) is 0.929. The number of rotatable bonds is 8. The SMILES string of the molecule is CCCNC(CSc1nnnn1C1CC1)C1CCCC1. The van der Waals surface area contributed by atoms with Gasteiger partial charge < -0.3 is 5.32 Å². The molecule has 0 radical (unpaired) electrons. The first-order valence-corrected chi connectivity index (χ1v) is 9.01. The second kappa shape index (κ2) is 6.89. The van der Waals surface area contributed by atoms with Gasteiger partial charge in [0.1, 0.15) is 0 Å². The van der Waals surface area contributed by atoms with E-state index in [1.54, 1.807) is 0 Å². The van der Waals surface area contributed by atoms with Gasteiger partial charge in [0.05, 0.1) is 6.04 Å². The summed E-state index contributed by atoms with van der Waals surface area (Å²) in [5, 5.41) is 16.9. The quantitative estimate of drug-likeness (QED) is 0.747. The number of hydrogen-bond acceptors (Lipinski definition) is 5. The summed E-state index contributed by atoms with van der Waals surface area (Å²) in [7, 11) is 0. The van der Waals surface area contributed by atoms with E-state index in [9.17, 15) is 0 Å². The molecular formula is C14H25N5S. The molecular weight excluding hydrogens is 270 g/mol. The van der Waals surface area contributed by atoms with Gasteiger partial charge in [0.2, 0.25) is 5.16 Å². The number of tetrazole rings is 1. The average molecular weight is 295 g/mol. The van der Waals surface area contributed by atoms with Crippen LogP contribution < -0.4 is 5.32 Å². The summed E-state index contributed by atoms with van der Waals surface area (Å²) in [4.78, 5) is 0. The summed E-state index contributed by atoms with van der Waals surface area (Å²) in [5.41, 5.74) is 0. The van der Waals surface area contributed by atoms with Gasteiger partial charge in [-0.2, -0.15) is 0 Å². The van der Waals surface area contributed by atoms with Gasteiger partial charge in [0.15, 0.2) is 0 Å². The second-order valence-electron chi connectivity index (χ2n) is 6.05. The van der Waals surface area contributed by atoms with Crippen LogP contribution in [0.5, 0.6) is 0 Å². The van der Waals surface area contributed by atoms with E-state index < -0.39 is 0 Å². The highest BCUT2D eigenvalue weighted by atomic mass is 32.2. The van der Waals surface area contributed by atoms with Crippen molar-refractivity contribution in [2.75, 3.05) is 12.3 Å². The summed E-state index contributed by atoms with van der Waals surface area (Å²) in [6.07, 6.45) is 9.25. The van der Waals surface area contributed by atoms with Crippen molar-refractivity contribution in [3.63, 3.8) is 0 Å². The van der Waals surface area contributed by atoms with E-state index in [1.807, 2.05) is 16.4 Å². The van der Waals surface area contributed by atoms with Gasteiger partial charge in [-0.25, -0.2) is 4.68 Å². The first-order chi connectivity index (χ1) is 9.88. The lowest BCUT2D eigenvalue weighted by molar-refractivity contribution is 0.387. The zero-order chi connectivity index (χ0) is 13.8. The predicted molar refractivity (Wildman–Crippen MR) is 80.9 cm³/mol. The van der Waals surface area contributed by atoms with Crippen molar-refractivity contribution < 1.29 is 0 Å². The highest BCUT2D eigenvalue weighted by Gasteiger charge is 2.29. The maximum atomic E-state index is 4.19. The molecule has 1 aromatic rings. The van der Waals surface area contributed by atoms with E-state index in [4.69, 9.17) is 0 Å². The number of nitrogens with zero attached hydrogens (tertiary/aromatic N) is 4. The van der Waals surface area contributed by atoms with Crippen molar-refractivity contribution in [1.29, 1.82) is 0 Å². The zero-order valence-corrected chi connectivity index (χ0v) is 13.1. The molecule has 3 rings (SSSR count).